The standard InChI is InChI=1S/C38H62N8O11/c1-27(32(47)23-41-29-9-7-28(8-10-29)21-34(39)49)46-12-11-30(38(46)53)42-24-33(48)31(40-2)22-35(50)45(25-36(51)43(13-17-54-3)14-18-55-4)26-37(52)44(15-19-56-5)16-20-57-6/h7-10,27,30-31,40-42H,11-26H2,1-6H3,(H2,39,49)/t27-,30+,31-/m0/s1. The number of benzene rings is 1. The molecule has 5 N–H and O–H groups in total. The third kappa shape index (κ3) is 16.8. The van der Waals surface area contributed by atoms with Crippen LogP contribution in [0.1, 0.15) is 25.3 Å². The van der Waals surface area contributed by atoms with E-state index in [9.17, 15) is 33.6 Å². The van der Waals surface area contributed by atoms with E-state index in [0.29, 0.717) is 18.7 Å². The summed E-state index contributed by atoms with van der Waals surface area (Å²) < 4.78 is 20.6. The van der Waals surface area contributed by atoms with E-state index in [1.54, 1.807) is 31.2 Å². The average Bonchev–Trinajstić information content (AvgIpc) is 3.56. The third-order valence-corrected chi connectivity index (χ3v) is 9.58. The van der Waals surface area contributed by atoms with Crippen LogP contribution >= 0.6 is 0 Å². The normalized spacial score (nSPS) is 14.9. The summed E-state index contributed by atoms with van der Waals surface area (Å²) in [4.78, 5) is 97.3. The molecule has 2 rings (SSSR count). The van der Waals surface area contributed by atoms with E-state index < -0.39 is 60.6 Å². The summed E-state index contributed by atoms with van der Waals surface area (Å²) in [5, 5.41) is 8.88. The Kier molecular flexibility index (Phi) is 22.5. The number of likely N-dealkylation sites (tertiary alicyclic amines) is 1. The molecular formula is C38H62N8O11. The average molecular weight is 807 g/mol. The number of nitrogens with zero attached hydrogens (tertiary/aromatic N) is 4. The van der Waals surface area contributed by atoms with Gasteiger partial charge < -0.3 is 54.9 Å². The fourth-order valence-corrected chi connectivity index (χ4v) is 6.04. The maximum Gasteiger partial charge on any atom is 0.242 e. The molecule has 5 amide bonds. The molecule has 0 aliphatic carbocycles. The lowest BCUT2D eigenvalue weighted by molar-refractivity contribution is -0.146. The molecule has 0 bridgehead atoms. The summed E-state index contributed by atoms with van der Waals surface area (Å²) in [5.41, 5.74) is 6.66. The minimum Gasteiger partial charge on any atom is -0.383 e. The molecule has 1 aromatic carbocycles. The van der Waals surface area contributed by atoms with E-state index in [2.05, 4.69) is 16.0 Å². The number of amides is 5. The second-order valence-electron chi connectivity index (χ2n) is 13.6. The van der Waals surface area contributed by atoms with E-state index in [4.69, 9.17) is 24.7 Å². The number of ketones is 2. The van der Waals surface area contributed by atoms with Gasteiger partial charge in [-0.1, -0.05) is 12.1 Å². The van der Waals surface area contributed by atoms with Crippen molar-refractivity contribution in [1.29, 1.82) is 0 Å². The molecule has 1 aliphatic heterocycles. The Morgan fingerprint density at radius 3 is 1.74 bits per heavy atom. The second kappa shape index (κ2) is 26.4. The summed E-state index contributed by atoms with van der Waals surface area (Å²) >= 11 is 0. The quantitative estimate of drug-likeness (QED) is 0.0653. The van der Waals surface area contributed by atoms with Gasteiger partial charge in [0.25, 0.3) is 0 Å². The molecule has 57 heavy (non-hydrogen) atoms. The molecule has 1 heterocycles. The fourth-order valence-electron chi connectivity index (χ4n) is 6.04. The molecule has 19 nitrogen and oxygen atoms in total. The zero-order chi connectivity index (χ0) is 42.3. The fraction of sp³-hybridized carbons (Fsp3) is 0.658. The van der Waals surface area contributed by atoms with Gasteiger partial charge in [-0.2, -0.15) is 0 Å². The number of hydrogen-bond donors (Lipinski definition) is 4. The Bertz CT molecular complexity index is 1410. The number of methoxy groups -OCH3 is 4. The first-order valence-electron chi connectivity index (χ1n) is 19.0. The van der Waals surface area contributed by atoms with Crippen molar-refractivity contribution in [2.24, 2.45) is 5.73 Å². The van der Waals surface area contributed by atoms with Gasteiger partial charge in [0.15, 0.2) is 11.6 Å². The Morgan fingerprint density at radius 2 is 1.28 bits per heavy atom. The monoisotopic (exact) mass is 806 g/mol. The van der Waals surface area contributed by atoms with E-state index in [1.807, 2.05) is 0 Å². The number of carbonyl (C=O) groups is 7. The number of nitrogens with one attached hydrogen (secondary N) is 3. The van der Waals surface area contributed by atoms with Crippen LogP contribution in [0.3, 0.4) is 0 Å². The Morgan fingerprint density at radius 1 is 0.772 bits per heavy atom. The lowest BCUT2D eigenvalue weighted by Crippen LogP contribution is -2.52. The molecule has 0 saturated carbocycles. The molecule has 0 aromatic heterocycles. The van der Waals surface area contributed by atoms with Crippen LogP contribution in [0.15, 0.2) is 24.3 Å². The topological polar surface area (TPSA) is 231 Å². The maximum absolute atomic E-state index is 13.8. The number of hydrogen-bond acceptors (Lipinski definition) is 14. The van der Waals surface area contributed by atoms with Crippen molar-refractivity contribution in [3.8, 4) is 0 Å². The number of likely N-dealkylation sites (N-methyl/N-ethyl adjacent to an activating group) is 1. The molecule has 1 aliphatic rings. The van der Waals surface area contributed by atoms with Gasteiger partial charge in [-0.3, -0.25) is 38.9 Å². The number of Topliss-reactive ketones (excluding diaryl/α,β-unsaturated/α-hetero) is 2. The number of rotatable bonds is 30. The van der Waals surface area contributed by atoms with Crippen molar-refractivity contribution in [1.82, 2.24) is 30.2 Å². The Balaban J connectivity index is 2.07. The molecular weight excluding hydrogens is 744 g/mol. The summed E-state index contributed by atoms with van der Waals surface area (Å²) in [5.74, 6) is -2.84. The number of nitrogens with two attached hydrogens (primary N) is 1. The van der Waals surface area contributed by atoms with E-state index >= 15 is 0 Å². The van der Waals surface area contributed by atoms with Gasteiger partial charge in [0.1, 0.15) is 13.1 Å². The predicted molar refractivity (Wildman–Crippen MR) is 210 cm³/mol. The molecule has 0 radical (unpaired) electrons. The van der Waals surface area contributed by atoms with E-state index in [0.717, 1.165) is 10.5 Å². The second-order valence-corrected chi connectivity index (χ2v) is 13.6. The molecule has 0 spiro atoms. The van der Waals surface area contributed by atoms with Crippen LogP contribution in [-0.2, 0) is 58.9 Å². The zero-order valence-electron chi connectivity index (χ0n) is 34.2. The first-order chi connectivity index (χ1) is 27.3. The number of carbonyl (C=O) groups excluding carboxylic acids is 7. The summed E-state index contributed by atoms with van der Waals surface area (Å²) in [7, 11) is 7.54. The number of anilines is 1. The molecule has 0 unspecified atom stereocenters. The van der Waals surface area contributed by atoms with E-state index in [-0.39, 0.29) is 90.2 Å². The minimum absolute atomic E-state index is 0.0283. The minimum atomic E-state index is -1.00. The van der Waals surface area contributed by atoms with Crippen LogP contribution in [0.5, 0.6) is 0 Å². The van der Waals surface area contributed by atoms with Crippen molar-refractivity contribution in [3.05, 3.63) is 29.8 Å². The predicted octanol–water partition coefficient (Wildman–Crippen LogP) is -2.11. The summed E-state index contributed by atoms with van der Waals surface area (Å²) in [6.45, 7) is 2.77. The molecule has 3 atom stereocenters. The van der Waals surface area contributed by atoms with Crippen LogP contribution in [0, 0.1) is 0 Å². The van der Waals surface area contributed by atoms with Gasteiger partial charge in [0.05, 0.1) is 64.1 Å². The first-order valence-corrected chi connectivity index (χ1v) is 19.0. The highest BCUT2D eigenvalue weighted by Gasteiger charge is 2.37. The molecule has 1 fully saturated rings. The van der Waals surface area contributed by atoms with Crippen LogP contribution in [0.25, 0.3) is 0 Å². The van der Waals surface area contributed by atoms with Crippen molar-refractivity contribution in [2.45, 2.75) is 44.3 Å². The van der Waals surface area contributed by atoms with Crippen molar-refractivity contribution >= 4 is 46.8 Å². The van der Waals surface area contributed by atoms with Gasteiger partial charge in [0, 0.05) is 73.3 Å². The maximum atomic E-state index is 13.8. The zero-order valence-corrected chi connectivity index (χ0v) is 34.2. The van der Waals surface area contributed by atoms with Crippen molar-refractivity contribution < 1.29 is 52.5 Å². The van der Waals surface area contributed by atoms with Gasteiger partial charge >= 0.3 is 0 Å². The van der Waals surface area contributed by atoms with Crippen LogP contribution in [-0.4, -0.2) is 200 Å². The van der Waals surface area contributed by atoms with Gasteiger partial charge in [-0.25, -0.2) is 0 Å². The highest BCUT2D eigenvalue weighted by Crippen LogP contribution is 2.17. The van der Waals surface area contributed by atoms with E-state index in [1.165, 1.54) is 50.2 Å². The highest BCUT2D eigenvalue weighted by molar-refractivity contribution is 5.96. The SMILES string of the molecule is CN[C@@H](CC(=O)N(CC(=O)N(CCOC)CCOC)CC(=O)N(CCOC)CCOC)C(=O)CN[C@@H]1CCN([C@@H](C)C(=O)CNc2ccc(CC(N)=O)cc2)C1=O. The first kappa shape index (κ1) is 48.6. The number of primary amides is 1. The summed E-state index contributed by atoms with van der Waals surface area (Å²) in [6.07, 6.45) is 0.118. The molecule has 1 aromatic rings. The summed E-state index contributed by atoms with van der Waals surface area (Å²) in [6, 6.07) is 4.51. The van der Waals surface area contributed by atoms with Gasteiger partial charge in [-0.15, -0.1) is 0 Å². The van der Waals surface area contributed by atoms with Crippen molar-refractivity contribution in [3.63, 3.8) is 0 Å². The largest absolute Gasteiger partial charge is 0.383 e. The van der Waals surface area contributed by atoms with Crippen LogP contribution < -0.4 is 21.7 Å². The Labute approximate surface area is 335 Å². The van der Waals surface area contributed by atoms with Gasteiger partial charge in [0.2, 0.25) is 29.5 Å². The molecule has 320 valence electrons. The smallest absolute Gasteiger partial charge is 0.242 e. The molecule has 19 heteroatoms. The lowest BCUT2D eigenvalue weighted by Gasteiger charge is -2.30. The van der Waals surface area contributed by atoms with Crippen LogP contribution in [0.4, 0.5) is 5.69 Å². The third-order valence-electron chi connectivity index (χ3n) is 9.58. The lowest BCUT2D eigenvalue weighted by atomic mass is 10.1. The van der Waals surface area contributed by atoms with Crippen LogP contribution in [0.2, 0.25) is 0 Å². The highest BCUT2D eigenvalue weighted by atomic mass is 16.5. The number of ether oxygens (including phenoxy) is 4. The van der Waals surface area contributed by atoms with Crippen molar-refractivity contribution in [2.75, 3.05) is 126 Å². The van der Waals surface area contributed by atoms with Gasteiger partial charge in [-0.05, 0) is 38.1 Å². The Hall–Kier alpha value is -4.53. The molecule has 1 saturated heterocycles.